The molecular weight excluding hydrogens is 422 g/mol. The van der Waals surface area contributed by atoms with E-state index >= 15 is 0 Å². The van der Waals surface area contributed by atoms with Crippen molar-refractivity contribution in [3.8, 4) is 0 Å². The van der Waals surface area contributed by atoms with Gasteiger partial charge in [0.25, 0.3) is 11.5 Å². The number of rotatable bonds is 4. The Balaban J connectivity index is 1.85. The normalized spacial score (nSPS) is 11.0. The van der Waals surface area contributed by atoms with Crippen molar-refractivity contribution in [2.24, 2.45) is 0 Å². The molecule has 1 amide bonds. The lowest BCUT2D eigenvalue weighted by molar-refractivity contribution is 0.0600. The van der Waals surface area contributed by atoms with Gasteiger partial charge in [-0.2, -0.15) is 0 Å². The molecule has 7 nitrogen and oxygen atoms in total. The third-order valence-corrected chi connectivity index (χ3v) is 6.15. The molecule has 2 aromatic heterocycles. The first-order valence-corrected chi connectivity index (χ1v) is 10.4. The summed E-state index contributed by atoms with van der Waals surface area (Å²) in [7, 11) is 1.28. The fraction of sp³-hybridized carbons (Fsp3) is 0.143. The van der Waals surface area contributed by atoms with Crippen LogP contribution < -0.4 is 10.9 Å². The summed E-state index contributed by atoms with van der Waals surface area (Å²) in [6.07, 6.45) is 0.904. The number of esters is 1. The van der Waals surface area contributed by atoms with Gasteiger partial charge in [0.1, 0.15) is 10.5 Å². The lowest BCUT2D eigenvalue weighted by atomic mass is 10.1. The van der Waals surface area contributed by atoms with Gasteiger partial charge in [0.05, 0.1) is 23.6 Å². The Morgan fingerprint density at radius 2 is 1.93 bits per heavy atom. The number of hydrogen-bond acceptors (Lipinski definition) is 6. The minimum absolute atomic E-state index is 0.280. The largest absolute Gasteiger partial charge is 0.465 e. The fourth-order valence-electron chi connectivity index (χ4n) is 3.20. The Hall–Kier alpha value is -3.30. The second kappa shape index (κ2) is 7.85. The summed E-state index contributed by atoms with van der Waals surface area (Å²) in [6, 6.07) is 12.1. The van der Waals surface area contributed by atoms with E-state index in [0.717, 1.165) is 23.3 Å². The van der Waals surface area contributed by atoms with E-state index in [1.807, 2.05) is 24.3 Å². The smallest absolute Gasteiger partial charge is 0.337 e. The Bertz CT molecular complexity index is 1410. The van der Waals surface area contributed by atoms with Gasteiger partial charge in [-0.25, -0.2) is 4.79 Å². The van der Waals surface area contributed by atoms with E-state index in [4.69, 9.17) is 17.0 Å². The topological polar surface area (TPSA) is 92.7 Å². The number of H-pyrrole nitrogens is 1. The predicted octanol–water partition coefficient (Wildman–Crippen LogP) is 4.17. The first-order valence-electron chi connectivity index (χ1n) is 9.13. The molecule has 0 radical (unpaired) electrons. The van der Waals surface area contributed by atoms with Crippen LogP contribution >= 0.6 is 23.6 Å². The van der Waals surface area contributed by atoms with Crippen molar-refractivity contribution in [2.45, 2.75) is 13.3 Å². The van der Waals surface area contributed by atoms with Crippen molar-refractivity contribution in [1.82, 2.24) is 9.38 Å². The number of hydrogen-bond donors (Lipinski definition) is 2. The molecule has 0 aliphatic carbocycles. The zero-order valence-corrected chi connectivity index (χ0v) is 17.8. The molecule has 9 heteroatoms. The maximum absolute atomic E-state index is 12.9. The van der Waals surface area contributed by atoms with Crippen molar-refractivity contribution in [3.63, 3.8) is 0 Å². The quantitative estimate of drug-likeness (QED) is 0.368. The summed E-state index contributed by atoms with van der Waals surface area (Å²) in [5.74, 6) is -0.905. The first-order chi connectivity index (χ1) is 14.4. The number of nitrogens with one attached hydrogen (secondary N) is 2. The van der Waals surface area contributed by atoms with E-state index in [1.165, 1.54) is 25.3 Å². The van der Waals surface area contributed by atoms with Gasteiger partial charge in [0.15, 0.2) is 3.95 Å². The number of benzene rings is 2. The summed E-state index contributed by atoms with van der Waals surface area (Å²) in [6.45, 7) is 2.06. The van der Waals surface area contributed by atoms with Crippen LogP contribution in [0.1, 0.15) is 32.5 Å². The summed E-state index contributed by atoms with van der Waals surface area (Å²) < 4.78 is 6.73. The highest BCUT2D eigenvalue weighted by atomic mass is 32.1. The predicted molar refractivity (Wildman–Crippen MR) is 119 cm³/mol. The van der Waals surface area contributed by atoms with Gasteiger partial charge in [-0.1, -0.05) is 30.4 Å². The van der Waals surface area contributed by atoms with E-state index in [0.29, 0.717) is 20.5 Å². The van der Waals surface area contributed by atoms with Crippen LogP contribution in [0, 0.1) is 3.95 Å². The number of ether oxygens (including phenoxy) is 1. The molecule has 2 N–H and O–H groups in total. The van der Waals surface area contributed by atoms with E-state index in [-0.39, 0.29) is 27.6 Å². The van der Waals surface area contributed by atoms with Gasteiger partial charge in [-0.05, 0) is 54.5 Å². The average molecular weight is 440 g/mol. The van der Waals surface area contributed by atoms with Crippen LogP contribution in [0.3, 0.4) is 0 Å². The molecule has 4 aromatic rings. The number of aryl methyl sites for hydroxylation is 1. The van der Waals surface area contributed by atoms with E-state index in [1.54, 1.807) is 4.40 Å². The Kier molecular flexibility index (Phi) is 5.23. The molecule has 0 aliphatic rings. The second-order valence-electron chi connectivity index (χ2n) is 6.56. The van der Waals surface area contributed by atoms with Crippen LogP contribution in [0.5, 0.6) is 0 Å². The number of thiazole rings is 1. The van der Waals surface area contributed by atoms with Gasteiger partial charge in [-0.3, -0.25) is 14.0 Å². The van der Waals surface area contributed by atoms with E-state index in [2.05, 4.69) is 17.2 Å². The number of amides is 1. The SMILES string of the molecule is CCc1ccc(NC(=O)c2sc(=S)n3c2[nH]c(=O)c2ccc(C(=O)OC)cc23)cc1. The van der Waals surface area contributed by atoms with Crippen molar-refractivity contribution < 1.29 is 14.3 Å². The molecule has 2 heterocycles. The van der Waals surface area contributed by atoms with E-state index in [9.17, 15) is 14.4 Å². The molecule has 0 saturated heterocycles. The number of anilines is 1. The van der Waals surface area contributed by atoms with Gasteiger partial charge in [-0.15, -0.1) is 0 Å². The van der Waals surface area contributed by atoms with Crippen LogP contribution in [0.2, 0.25) is 0 Å². The van der Waals surface area contributed by atoms with Crippen molar-refractivity contribution in [1.29, 1.82) is 0 Å². The summed E-state index contributed by atoms with van der Waals surface area (Å²) >= 11 is 6.55. The van der Waals surface area contributed by atoms with Gasteiger partial charge in [0.2, 0.25) is 0 Å². The third kappa shape index (κ3) is 3.42. The highest BCUT2D eigenvalue weighted by Crippen LogP contribution is 2.24. The zero-order valence-electron chi connectivity index (χ0n) is 16.1. The number of aromatic amines is 1. The highest BCUT2D eigenvalue weighted by molar-refractivity contribution is 7.73. The molecule has 30 heavy (non-hydrogen) atoms. The van der Waals surface area contributed by atoms with Gasteiger partial charge in [0, 0.05) is 5.69 Å². The van der Waals surface area contributed by atoms with Crippen LogP contribution in [0.15, 0.2) is 47.3 Å². The maximum Gasteiger partial charge on any atom is 0.337 e. The zero-order chi connectivity index (χ0) is 21.4. The Morgan fingerprint density at radius 3 is 2.60 bits per heavy atom. The third-order valence-electron chi connectivity index (χ3n) is 4.77. The maximum atomic E-state index is 12.9. The number of methoxy groups -OCH3 is 1. The first kappa shape index (κ1) is 20.0. The molecular formula is C21H17N3O4S2. The number of carbonyl (C=O) groups is 2. The number of nitrogens with zero attached hydrogens (tertiary/aromatic N) is 1. The van der Waals surface area contributed by atoms with Gasteiger partial charge >= 0.3 is 5.97 Å². The molecule has 0 spiro atoms. The minimum atomic E-state index is -0.527. The van der Waals surface area contributed by atoms with Crippen LogP contribution in [0.25, 0.3) is 16.6 Å². The number of aromatic nitrogens is 2. The van der Waals surface area contributed by atoms with Crippen LogP contribution in [0.4, 0.5) is 5.69 Å². The van der Waals surface area contributed by atoms with Crippen LogP contribution in [-0.2, 0) is 11.2 Å². The van der Waals surface area contributed by atoms with Gasteiger partial charge < -0.3 is 15.0 Å². The molecule has 4 rings (SSSR count). The van der Waals surface area contributed by atoms with Crippen molar-refractivity contribution in [2.75, 3.05) is 12.4 Å². The second-order valence-corrected chi connectivity index (χ2v) is 8.21. The minimum Gasteiger partial charge on any atom is -0.465 e. The van der Waals surface area contributed by atoms with Crippen LogP contribution in [-0.4, -0.2) is 28.4 Å². The standard InChI is InChI=1S/C21H17N3O4S2/c1-3-11-4-7-13(8-5-11)22-19(26)16-17-23-18(25)14-9-6-12(20(27)28-2)10-15(14)24(17)21(29)30-16/h4-10H,3H2,1-2H3,(H,22,26)(H,23,25). The molecule has 152 valence electrons. The molecule has 2 aromatic carbocycles. The fourth-order valence-corrected chi connectivity index (χ4v) is 4.48. The lowest BCUT2D eigenvalue weighted by Crippen LogP contribution is -2.15. The average Bonchev–Trinajstić information content (AvgIpc) is 3.09. The number of fused-ring (bicyclic) bond motifs is 3. The Morgan fingerprint density at radius 1 is 1.20 bits per heavy atom. The molecule has 0 unspecified atom stereocenters. The lowest BCUT2D eigenvalue weighted by Gasteiger charge is -2.07. The van der Waals surface area contributed by atoms with E-state index < -0.39 is 5.97 Å². The number of carbonyl (C=O) groups excluding carboxylic acids is 2. The summed E-state index contributed by atoms with van der Waals surface area (Å²) in [4.78, 5) is 40.5. The molecule has 0 fully saturated rings. The summed E-state index contributed by atoms with van der Waals surface area (Å²) in [5.41, 5.74) is 2.43. The molecule has 0 saturated carbocycles. The van der Waals surface area contributed by atoms with Crippen molar-refractivity contribution >= 4 is 57.7 Å². The van der Waals surface area contributed by atoms with Crippen molar-refractivity contribution in [3.05, 3.63) is 72.8 Å². The molecule has 0 atom stereocenters. The monoisotopic (exact) mass is 439 g/mol. The summed E-state index contributed by atoms with van der Waals surface area (Å²) in [5, 5.41) is 3.19. The molecule has 0 aliphatic heterocycles. The Labute approximate surface area is 179 Å². The highest BCUT2D eigenvalue weighted by Gasteiger charge is 2.19. The molecule has 0 bridgehead atoms.